The van der Waals surface area contributed by atoms with E-state index in [2.05, 4.69) is 29.4 Å². The van der Waals surface area contributed by atoms with Crippen LogP contribution in [0.2, 0.25) is 0 Å². The molecule has 1 amide bonds. The molecule has 0 aliphatic heterocycles. The molecule has 2 N–H and O–H groups in total. The molecule has 0 unspecified atom stereocenters. The number of thiophene rings is 1. The van der Waals surface area contributed by atoms with Gasteiger partial charge < -0.3 is 5.32 Å². The zero-order valence-electron chi connectivity index (χ0n) is 12.6. The van der Waals surface area contributed by atoms with Gasteiger partial charge in [0, 0.05) is 6.04 Å². The number of carbonyl (C=O) groups is 1. The summed E-state index contributed by atoms with van der Waals surface area (Å²) in [6.07, 6.45) is 0. The summed E-state index contributed by atoms with van der Waals surface area (Å²) in [7, 11) is 0. The molecule has 0 aliphatic rings. The van der Waals surface area contributed by atoms with Crippen LogP contribution in [0.4, 0.5) is 0 Å². The minimum absolute atomic E-state index is 0.0495. The number of rotatable bonds is 5. The Morgan fingerprint density at radius 2 is 2.14 bits per heavy atom. The van der Waals surface area contributed by atoms with Gasteiger partial charge in [-0.3, -0.25) is 14.5 Å². The van der Waals surface area contributed by atoms with Gasteiger partial charge in [-0.1, -0.05) is 19.9 Å². The normalized spacial score (nSPS) is 14.1. The Hall–Kier alpha value is -1.47. The summed E-state index contributed by atoms with van der Waals surface area (Å²) in [5.74, 6) is 1.04. The molecule has 2 heterocycles. The van der Waals surface area contributed by atoms with E-state index in [1.165, 1.54) is 0 Å². The Morgan fingerprint density at radius 3 is 2.71 bits per heavy atom. The molecule has 7 heteroatoms. The van der Waals surface area contributed by atoms with E-state index in [0.29, 0.717) is 16.5 Å². The lowest BCUT2D eigenvalue weighted by molar-refractivity contribution is -0.124. The molecule has 2 aromatic heterocycles. The monoisotopic (exact) mass is 324 g/mol. The second-order valence-electron chi connectivity index (χ2n) is 5.42. The topological polar surface area (TPSA) is 62.7 Å². The second kappa shape index (κ2) is 6.53. The van der Waals surface area contributed by atoms with Gasteiger partial charge in [-0.15, -0.1) is 11.3 Å². The van der Waals surface area contributed by atoms with Crippen LogP contribution in [0.5, 0.6) is 0 Å². The van der Waals surface area contributed by atoms with Gasteiger partial charge in [0.15, 0.2) is 10.6 Å². The van der Waals surface area contributed by atoms with Crippen LogP contribution in [-0.4, -0.2) is 26.7 Å². The first-order valence-corrected chi connectivity index (χ1v) is 8.21. The van der Waals surface area contributed by atoms with Gasteiger partial charge in [-0.05, 0) is 43.4 Å². The predicted octanol–water partition coefficient (Wildman–Crippen LogP) is 3.39. The van der Waals surface area contributed by atoms with Crippen LogP contribution in [0.1, 0.15) is 33.7 Å². The molecule has 0 saturated heterocycles. The third-order valence-electron chi connectivity index (χ3n) is 3.58. The summed E-state index contributed by atoms with van der Waals surface area (Å²) in [5.41, 5.74) is 0. The van der Waals surface area contributed by atoms with Crippen molar-refractivity contribution in [1.82, 2.24) is 20.1 Å². The van der Waals surface area contributed by atoms with Crippen LogP contribution < -0.4 is 5.32 Å². The number of amides is 1. The maximum absolute atomic E-state index is 12.4. The first-order chi connectivity index (χ1) is 9.91. The van der Waals surface area contributed by atoms with Crippen LogP contribution in [0.15, 0.2) is 17.5 Å². The van der Waals surface area contributed by atoms with Gasteiger partial charge in [-0.2, -0.15) is 5.10 Å². The van der Waals surface area contributed by atoms with Gasteiger partial charge >= 0.3 is 0 Å². The van der Waals surface area contributed by atoms with Crippen molar-refractivity contribution in [2.24, 2.45) is 5.92 Å². The van der Waals surface area contributed by atoms with E-state index in [1.807, 2.05) is 31.4 Å². The van der Waals surface area contributed by atoms with Crippen molar-refractivity contribution >= 4 is 29.5 Å². The maximum Gasteiger partial charge on any atom is 0.243 e. The number of hydrogen-bond donors (Lipinski definition) is 2. The third-order valence-corrected chi connectivity index (χ3v) is 4.74. The summed E-state index contributed by atoms with van der Waals surface area (Å²) < 4.78 is 2.22. The largest absolute Gasteiger partial charge is 0.352 e. The Morgan fingerprint density at radius 1 is 1.43 bits per heavy atom. The number of H-pyrrole nitrogens is 1. The quantitative estimate of drug-likeness (QED) is 0.829. The Bertz CT molecular complexity index is 657. The Labute approximate surface area is 133 Å². The van der Waals surface area contributed by atoms with Gasteiger partial charge in [0.1, 0.15) is 6.04 Å². The number of hydrogen-bond acceptors (Lipinski definition) is 4. The van der Waals surface area contributed by atoms with E-state index < -0.39 is 6.04 Å². The fourth-order valence-electron chi connectivity index (χ4n) is 1.87. The van der Waals surface area contributed by atoms with Crippen molar-refractivity contribution in [3.05, 3.63) is 22.3 Å². The maximum atomic E-state index is 12.4. The zero-order chi connectivity index (χ0) is 15.6. The highest BCUT2D eigenvalue weighted by Gasteiger charge is 2.23. The molecule has 0 bridgehead atoms. The van der Waals surface area contributed by atoms with Crippen molar-refractivity contribution in [1.29, 1.82) is 0 Å². The van der Waals surface area contributed by atoms with Gasteiger partial charge in [0.2, 0.25) is 5.91 Å². The van der Waals surface area contributed by atoms with Crippen molar-refractivity contribution < 1.29 is 4.79 Å². The summed E-state index contributed by atoms with van der Waals surface area (Å²) in [6, 6.07) is 3.63. The average molecular weight is 324 g/mol. The number of aromatic amines is 1. The van der Waals surface area contributed by atoms with Crippen molar-refractivity contribution in [3.63, 3.8) is 0 Å². The average Bonchev–Trinajstić information content (AvgIpc) is 3.06. The molecule has 2 rings (SSSR count). The molecule has 114 valence electrons. The molecule has 0 fully saturated rings. The molecule has 21 heavy (non-hydrogen) atoms. The highest BCUT2D eigenvalue weighted by molar-refractivity contribution is 7.71. The first kappa shape index (κ1) is 15.9. The van der Waals surface area contributed by atoms with Crippen molar-refractivity contribution in [2.45, 2.75) is 39.8 Å². The number of nitrogens with zero attached hydrogens (tertiary/aromatic N) is 2. The summed E-state index contributed by atoms with van der Waals surface area (Å²) >= 11 is 6.85. The molecule has 2 aromatic rings. The second-order valence-corrected chi connectivity index (χ2v) is 6.75. The fraction of sp³-hybridized carbons (Fsp3) is 0.500. The number of aromatic nitrogens is 3. The van der Waals surface area contributed by atoms with Crippen LogP contribution in [0, 0.1) is 10.7 Å². The molecule has 0 saturated carbocycles. The van der Waals surface area contributed by atoms with E-state index in [1.54, 1.807) is 15.9 Å². The van der Waals surface area contributed by atoms with Gasteiger partial charge in [-0.25, -0.2) is 0 Å². The van der Waals surface area contributed by atoms with E-state index in [4.69, 9.17) is 12.2 Å². The minimum atomic E-state index is -0.408. The lowest BCUT2D eigenvalue weighted by Gasteiger charge is -2.21. The van der Waals surface area contributed by atoms with Gasteiger partial charge in [0.05, 0.1) is 4.88 Å². The molecule has 0 aliphatic carbocycles. The van der Waals surface area contributed by atoms with Crippen LogP contribution in [-0.2, 0) is 4.79 Å². The summed E-state index contributed by atoms with van der Waals surface area (Å²) in [4.78, 5) is 13.4. The van der Waals surface area contributed by atoms with Crippen LogP contribution in [0.25, 0.3) is 10.7 Å². The molecule has 0 radical (unpaired) electrons. The van der Waals surface area contributed by atoms with Gasteiger partial charge in [0.25, 0.3) is 0 Å². The fourth-order valence-corrected chi connectivity index (χ4v) is 2.87. The number of nitrogens with one attached hydrogen (secondary N) is 2. The summed E-state index contributed by atoms with van der Waals surface area (Å²) in [6.45, 7) is 8.00. The minimum Gasteiger partial charge on any atom is -0.352 e. The van der Waals surface area contributed by atoms with E-state index in [-0.39, 0.29) is 11.9 Å². The molecule has 0 aromatic carbocycles. The van der Waals surface area contributed by atoms with E-state index >= 15 is 0 Å². The van der Waals surface area contributed by atoms with Crippen LogP contribution in [0.3, 0.4) is 0 Å². The highest BCUT2D eigenvalue weighted by atomic mass is 32.1. The highest BCUT2D eigenvalue weighted by Crippen LogP contribution is 2.25. The molecule has 0 spiro atoms. The Kier molecular flexibility index (Phi) is 4.95. The third kappa shape index (κ3) is 3.41. The molecule has 5 nitrogen and oxygen atoms in total. The lowest BCUT2D eigenvalue weighted by Crippen LogP contribution is -2.40. The Balaban J connectivity index is 2.28. The number of carbonyl (C=O) groups excluding carboxylic acids is 1. The standard InChI is InChI=1S/C14H20N4OS2/c1-8(2)9(3)15-13(19)10(4)18-12(16-17-14(18)20)11-6-5-7-21-11/h5-10H,1-4H3,(H,15,19)(H,17,20)/t9-,10+/m0/s1. The lowest BCUT2D eigenvalue weighted by atomic mass is 10.1. The SMILES string of the molecule is CC(C)[C@H](C)NC(=O)[C@@H](C)n1c(-c2cccs2)n[nH]c1=S. The first-order valence-electron chi connectivity index (χ1n) is 6.93. The van der Waals surface area contributed by atoms with E-state index in [0.717, 1.165) is 4.88 Å². The molecule has 2 atom stereocenters. The smallest absolute Gasteiger partial charge is 0.243 e. The molecular weight excluding hydrogens is 304 g/mol. The molecular formula is C14H20N4OS2. The van der Waals surface area contributed by atoms with Crippen molar-refractivity contribution in [3.8, 4) is 10.7 Å². The summed E-state index contributed by atoms with van der Waals surface area (Å²) in [5, 5.41) is 12.0. The van der Waals surface area contributed by atoms with Crippen molar-refractivity contribution in [2.75, 3.05) is 0 Å². The van der Waals surface area contributed by atoms with E-state index in [9.17, 15) is 4.79 Å². The predicted molar refractivity (Wildman–Crippen MR) is 87.9 cm³/mol. The zero-order valence-corrected chi connectivity index (χ0v) is 14.2. The van der Waals surface area contributed by atoms with Crippen LogP contribution >= 0.6 is 23.6 Å².